The van der Waals surface area contributed by atoms with Crippen molar-refractivity contribution < 1.29 is 13.2 Å². The summed E-state index contributed by atoms with van der Waals surface area (Å²) < 4.78 is 37.6. The van der Waals surface area contributed by atoms with Crippen LogP contribution in [0.4, 0.5) is 18.9 Å². The minimum absolute atomic E-state index is 0.0866. The fourth-order valence-electron chi connectivity index (χ4n) is 2.36. The van der Waals surface area contributed by atoms with Crippen molar-refractivity contribution in [2.75, 3.05) is 5.32 Å². The standard InChI is InChI=1S/C13H15ClF3N/c14-11-3-1-2-4-12(11)18-10-7-5-9(6-8-10)13(15,16)17/h1-4,9-10,18H,5-8H2. The summed E-state index contributed by atoms with van der Waals surface area (Å²) in [4.78, 5) is 0. The van der Waals surface area contributed by atoms with Gasteiger partial charge in [0.05, 0.1) is 16.6 Å². The van der Waals surface area contributed by atoms with E-state index in [4.69, 9.17) is 11.6 Å². The minimum atomic E-state index is -4.05. The van der Waals surface area contributed by atoms with Crippen LogP contribution in [0.2, 0.25) is 5.02 Å². The van der Waals surface area contributed by atoms with Crippen LogP contribution in [0.3, 0.4) is 0 Å². The number of alkyl halides is 3. The Morgan fingerprint density at radius 2 is 1.67 bits per heavy atom. The lowest BCUT2D eigenvalue weighted by Gasteiger charge is -2.31. The van der Waals surface area contributed by atoms with Gasteiger partial charge in [-0.3, -0.25) is 0 Å². The normalized spacial score (nSPS) is 24.9. The van der Waals surface area contributed by atoms with Crippen molar-refractivity contribution >= 4 is 17.3 Å². The van der Waals surface area contributed by atoms with E-state index in [-0.39, 0.29) is 18.9 Å². The highest BCUT2D eigenvalue weighted by Gasteiger charge is 2.41. The van der Waals surface area contributed by atoms with Gasteiger partial charge in [0.25, 0.3) is 0 Å². The molecule has 1 fully saturated rings. The lowest BCUT2D eigenvalue weighted by atomic mass is 9.85. The number of para-hydroxylation sites is 1. The molecule has 1 aliphatic carbocycles. The van der Waals surface area contributed by atoms with Crippen molar-refractivity contribution in [3.8, 4) is 0 Å². The van der Waals surface area contributed by atoms with Crippen LogP contribution >= 0.6 is 11.6 Å². The molecule has 18 heavy (non-hydrogen) atoms. The molecule has 0 amide bonds. The van der Waals surface area contributed by atoms with Gasteiger partial charge in [-0.1, -0.05) is 23.7 Å². The Balaban J connectivity index is 1.90. The van der Waals surface area contributed by atoms with Crippen molar-refractivity contribution in [2.24, 2.45) is 5.92 Å². The van der Waals surface area contributed by atoms with Crippen LogP contribution in [-0.4, -0.2) is 12.2 Å². The summed E-state index contributed by atoms with van der Waals surface area (Å²) in [6.45, 7) is 0. The Bertz CT molecular complexity index is 397. The van der Waals surface area contributed by atoms with E-state index in [2.05, 4.69) is 5.32 Å². The molecule has 0 atom stereocenters. The first kappa shape index (κ1) is 13.5. The van der Waals surface area contributed by atoms with Gasteiger partial charge in [0, 0.05) is 6.04 Å². The predicted molar refractivity (Wildman–Crippen MR) is 66.9 cm³/mol. The number of halogens is 4. The van der Waals surface area contributed by atoms with Crippen LogP contribution in [0.25, 0.3) is 0 Å². The molecular weight excluding hydrogens is 263 g/mol. The summed E-state index contributed by atoms with van der Waals surface area (Å²) in [5.74, 6) is -1.14. The van der Waals surface area contributed by atoms with Crippen molar-refractivity contribution in [2.45, 2.75) is 37.9 Å². The molecule has 1 nitrogen and oxygen atoms in total. The second-order valence-corrected chi connectivity index (χ2v) is 5.12. The van der Waals surface area contributed by atoms with E-state index in [1.807, 2.05) is 18.2 Å². The Morgan fingerprint density at radius 3 is 2.22 bits per heavy atom. The zero-order chi connectivity index (χ0) is 13.2. The fourth-order valence-corrected chi connectivity index (χ4v) is 2.55. The number of benzene rings is 1. The molecule has 1 aliphatic rings. The number of hydrogen-bond acceptors (Lipinski definition) is 1. The predicted octanol–water partition coefficient (Wildman–Crippen LogP) is 4.87. The SMILES string of the molecule is FC(F)(F)C1CCC(Nc2ccccc2Cl)CC1. The maximum absolute atomic E-state index is 12.5. The molecule has 0 saturated heterocycles. The largest absolute Gasteiger partial charge is 0.391 e. The average molecular weight is 278 g/mol. The second kappa shape index (κ2) is 5.39. The number of hydrogen-bond donors (Lipinski definition) is 1. The van der Waals surface area contributed by atoms with Crippen molar-refractivity contribution in [3.63, 3.8) is 0 Å². The highest BCUT2D eigenvalue weighted by Crippen LogP contribution is 2.38. The Hall–Kier alpha value is -0.900. The Labute approximate surface area is 109 Å². The Morgan fingerprint density at radius 1 is 1.06 bits per heavy atom. The first-order chi connectivity index (χ1) is 8.47. The van der Waals surface area contributed by atoms with Crippen LogP contribution in [0.5, 0.6) is 0 Å². The zero-order valence-electron chi connectivity index (χ0n) is 9.80. The highest BCUT2D eigenvalue weighted by molar-refractivity contribution is 6.33. The van der Waals surface area contributed by atoms with E-state index in [0.29, 0.717) is 17.9 Å². The van der Waals surface area contributed by atoms with E-state index in [1.54, 1.807) is 6.07 Å². The number of anilines is 1. The Kier molecular flexibility index (Phi) is 4.05. The van der Waals surface area contributed by atoms with Gasteiger partial charge in [-0.2, -0.15) is 13.2 Å². The molecule has 0 bridgehead atoms. The van der Waals surface area contributed by atoms with Gasteiger partial charge in [-0.25, -0.2) is 0 Å². The van der Waals surface area contributed by atoms with Gasteiger partial charge in [0.15, 0.2) is 0 Å². The fraction of sp³-hybridized carbons (Fsp3) is 0.538. The molecule has 2 rings (SSSR count). The lowest BCUT2D eigenvalue weighted by molar-refractivity contribution is -0.182. The van der Waals surface area contributed by atoms with Crippen LogP contribution in [0.1, 0.15) is 25.7 Å². The third kappa shape index (κ3) is 3.31. The first-order valence-electron chi connectivity index (χ1n) is 6.04. The van der Waals surface area contributed by atoms with Gasteiger partial charge in [-0.05, 0) is 37.8 Å². The molecule has 100 valence electrons. The summed E-state index contributed by atoms with van der Waals surface area (Å²) in [5.41, 5.74) is 0.801. The third-order valence-corrected chi connectivity index (χ3v) is 3.75. The van der Waals surface area contributed by atoms with E-state index < -0.39 is 12.1 Å². The summed E-state index contributed by atoms with van der Waals surface area (Å²) in [5, 5.41) is 3.83. The first-order valence-corrected chi connectivity index (χ1v) is 6.42. The summed E-state index contributed by atoms with van der Waals surface area (Å²) in [6, 6.07) is 7.39. The van der Waals surface area contributed by atoms with Crippen molar-refractivity contribution in [3.05, 3.63) is 29.3 Å². The molecule has 5 heteroatoms. The molecule has 0 heterocycles. The van der Waals surface area contributed by atoms with E-state index in [0.717, 1.165) is 5.69 Å². The van der Waals surface area contributed by atoms with Crippen LogP contribution in [0.15, 0.2) is 24.3 Å². The van der Waals surface area contributed by atoms with Crippen molar-refractivity contribution in [1.82, 2.24) is 0 Å². The van der Waals surface area contributed by atoms with Crippen LogP contribution < -0.4 is 5.32 Å². The molecule has 1 saturated carbocycles. The smallest absolute Gasteiger partial charge is 0.381 e. The van der Waals surface area contributed by atoms with Gasteiger partial charge >= 0.3 is 6.18 Å². The monoisotopic (exact) mass is 277 g/mol. The molecule has 0 unspecified atom stereocenters. The van der Waals surface area contributed by atoms with Crippen LogP contribution in [0, 0.1) is 5.92 Å². The summed E-state index contributed by atoms with van der Waals surface area (Å²) in [6.07, 6.45) is -2.57. The van der Waals surface area contributed by atoms with E-state index in [9.17, 15) is 13.2 Å². The second-order valence-electron chi connectivity index (χ2n) is 4.71. The molecule has 0 aliphatic heterocycles. The molecule has 0 aromatic heterocycles. The summed E-state index contributed by atoms with van der Waals surface area (Å²) in [7, 11) is 0. The lowest BCUT2D eigenvalue weighted by Crippen LogP contribution is -2.32. The average Bonchev–Trinajstić information content (AvgIpc) is 2.32. The van der Waals surface area contributed by atoms with E-state index >= 15 is 0 Å². The molecule has 0 radical (unpaired) electrons. The van der Waals surface area contributed by atoms with Gasteiger partial charge < -0.3 is 5.32 Å². The van der Waals surface area contributed by atoms with Crippen LogP contribution in [-0.2, 0) is 0 Å². The third-order valence-electron chi connectivity index (χ3n) is 3.42. The topological polar surface area (TPSA) is 12.0 Å². The van der Waals surface area contributed by atoms with Gasteiger partial charge in [0.1, 0.15) is 0 Å². The molecule has 1 aromatic rings. The number of rotatable bonds is 2. The summed E-state index contributed by atoms with van der Waals surface area (Å²) >= 11 is 6.00. The highest BCUT2D eigenvalue weighted by atomic mass is 35.5. The molecule has 1 aromatic carbocycles. The van der Waals surface area contributed by atoms with Gasteiger partial charge in [0.2, 0.25) is 0 Å². The maximum atomic E-state index is 12.5. The molecular formula is C13H15ClF3N. The number of nitrogens with one attached hydrogen (secondary N) is 1. The van der Waals surface area contributed by atoms with E-state index in [1.165, 1.54) is 0 Å². The van der Waals surface area contributed by atoms with Gasteiger partial charge in [-0.15, -0.1) is 0 Å². The maximum Gasteiger partial charge on any atom is 0.391 e. The molecule has 1 N–H and O–H groups in total. The quantitative estimate of drug-likeness (QED) is 0.813. The van der Waals surface area contributed by atoms with Crippen molar-refractivity contribution in [1.29, 1.82) is 0 Å². The zero-order valence-corrected chi connectivity index (χ0v) is 10.6. The molecule has 0 spiro atoms. The minimum Gasteiger partial charge on any atom is -0.381 e.